The molecular weight excluding hydrogens is 330 g/mol. The molecule has 0 aliphatic carbocycles. The highest BCUT2D eigenvalue weighted by Gasteiger charge is 2.07. The third kappa shape index (κ3) is 5.11. The molecule has 1 aromatic carbocycles. The molecule has 0 fully saturated rings. The van der Waals surface area contributed by atoms with Crippen LogP contribution in [-0.2, 0) is 4.74 Å². The normalized spacial score (nSPS) is 10.3. The molecule has 6 nitrogen and oxygen atoms in total. The number of hydrogen-bond donors (Lipinski definition) is 2. The van der Waals surface area contributed by atoms with Gasteiger partial charge in [0.1, 0.15) is 11.4 Å². The predicted molar refractivity (Wildman–Crippen MR) is 94.3 cm³/mol. The summed E-state index contributed by atoms with van der Waals surface area (Å²) in [5.74, 6) is 0.408. The van der Waals surface area contributed by atoms with Gasteiger partial charge in [-0.05, 0) is 36.8 Å². The number of halogens is 1. The first-order valence-electron chi connectivity index (χ1n) is 7.48. The zero-order valence-corrected chi connectivity index (χ0v) is 14.4. The highest BCUT2D eigenvalue weighted by molar-refractivity contribution is 6.32. The molecule has 1 heterocycles. The van der Waals surface area contributed by atoms with Crippen LogP contribution in [0.2, 0.25) is 5.02 Å². The lowest BCUT2D eigenvalue weighted by Crippen LogP contribution is -2.26. The van der Waals surface area contributed by atoms with Gasteiger partial charge in [0.25, 0.3) is 5.91 Å². The maximum absolute atomic E-state index is 11.9. The Kier molecular flexibility index (Phi) is 6.84. The average molecular weight is 350 g/mol. The van der Waals surface area contributed by atoms with E-state index in [-0.39, 0.29) is 5.91 Å². The molecule has 0 atom stereocenters. The quantitative estimate of drug-likeness (QED) is 0.716. The van der Waals surface area contributed by atoms with Crippen LogP contribution in [0.5, 0.6) is 5.75 Å². The number of carbonyl (C=O) groups excluding carboxylic acids is 1. The molecule has 1 aromatic heterocycles. The minimum atomic E-state index is -0.204. The molecule has 2 rings (SSSR count). The number of benzene rings is 1. The van der Waals surface area contributed by atoms with Gasteiger partial charge in [-0.3, -0.25) is 4.79 Å². The average Bonchev–Trinajstić information content (AvgIpc) is 2.59. The minimum absolute atomic E-state index is 0.204. The standard InChI is InChI=1S/C17H20ClN3O3/c1-23-9-3-8-19-17(22)15-6-4-13(11-20-15)21-12-5-7-16(24-2)14(18)10-12/h4-7,10-11,21H,3,8-9H2,1-2H3,(H,19,22). The summed E-state index contributed by atoms with van der Waals surface area (Å²) in [6.07, 6.45) is 2.36. The fourth-order valence-corrected chi connectivity index (χ4v) is 2.28. The Bertz CT molecular complexity index is 677. The van der Waals surface area contributed by atoms with Crippen LogP contribution in [-0.4, -0.2) is 38.3 Å². The number of nitrogens with one attached hydrogen (secondary N) is 2. The number of hydrogen-bond acceptors (Lipinski definition) is 5. The van der Waals surface area contributed by atoms with Gasteiger partial charge in [-0.15, -0.1) is 0 Å². The number of nitrogens with zero attached hydrogens (tertiary/aromatic N) is 1. The van der Waals surface area contributed by atoms with Crippen molar-refractivity contribution in [1.82, 2.24) is 10.3 Å². The summed E-state index contributed by atoms with van der Waals surface area (Å²) in [7, 11) is 3.20. The molecule has 0 saturated carbocycles. The first kappa shape index (κ1) is 18.0. The van der Waals surface area contributed by atoms with Gasteiger partial charge in [0.15, 0.2) is 0 Å². The molecule has 128 valence electrons. The van der Waals surface area contributed by atoms with Crippen molar-refractivity contribution >= 4 is 28.9 Å². The first-order valence-corrected chi connectivity index (χ1v) is 7.85. The van der Waals surface area contributed by atoms with Gasteiger partial charge in [-0.2, -0.15) is 0 Å². The number of ether oxygens (including phenoxy) is 2. The van der Waals surface area contributed by atoms with Crippen LogP contribution in [0.15, 0.2) is 36.5 Å². The molecule has 0 spiro atoms. The molecule has 1 amide bonds. The molecule has 24 heavy (non-hydrogen) atoms. The summed E-state index contributed by atoms with van der Waals surface area (Å²) >= 11 is 6.09. The van der Waals surface area contributed by atoms with Crippen molar-refractivity contribution in [3.63, 3.8) is 0 Å². The third-order valence-electron chi connectivity index (χ3n) is 3.25. The minimum Gasteiger partial charge on any atom is -0.495 e. The number of anilines is 2. The van der Waals surface area contributed by atoms with E-state index in [9.17, 15) is 4.79 Å². The SMILES string of the molecule is COCCCNC(=O)c1ccc(Nc2ccc(OC)c(Cl)c2)cn1. The molecule has 2 N–H and O–H groups in total. The molecule has 0 saturated heterocycles. The number of amides is 1. The summed E-state index contributed by atoms with van der Waals surface area (Å²) in [5.41, 5.74) is 1.93. The van der Waals surface area contributed by atoms with Gasteiger partial charge in [0.2, 0.25) is 0 Å². The van der Waals surface area contributed by atoms with Crippen LogP contribution in [0, 0.1) is 0 Å². The maximum atomic E-state index is 11.9. The van der Waals surface area contributed by atoms with E-state index in [1.54, 1.807) is 44.7 Å². The summed E-state index contributed by atoms with van der Waals surface area (Å²) in [4.78, 5) is 16.1. The third-order valence-corrected chi connectivity index (χ3v) is 3.54. The molecule has 0 aliphatic rings. The van der Waals surface area contributed by atoms with Crippen molar-refractivity contribution in [2.45, 2.75) is 6.42 Å². The van der Waals surface area contributed by atoms with Crippen molar-refractivity contribution in [3.8, 4) is 5.75 Å². The summed E-state index contributed by atoms with van der Waals surface area (Å²) < 4.78 is 10.0. The fourth-order valence-electron chi connectivity index (χ4n) is 2.02. The van der Waals surface area contributed by atoms with Gasteiger partial charge >= 0.3 is 0 Å². The topological polar surface area (TPSA) is 72.5 Å². The molecule has 7 heteroatoms. The van der Waals surface area contributed by atoms with Crippen molar-refractivity contribution in [2.24, 2.45) is 0 Å². The van der Waals surface area contributed by atoms with E-state index in [1.165, 1.54) is 0 Å². The second-order valence-corrected chi connectivity index (χ2v) is 5.42. The zero-order chi connectivity index (χ0) is 17.4. The molecule has 0 unspecified atom stereocenters. The maximum Gasteiger partial charge on any atom is 0.269 e. The largest absolute Gasteiger partial charge is 0.495 e. The Morgan fingerprint density at radius 2 is 2.00 bits per heavy atom. The lowest BCUT2D eigenvalue weighted by Gasteiger charge is -2.09. The Morgan fingerprint density at radius 1 is 1.21 bits per heavy atom. The number of rotatable bonds is 8. The van der Waals surface area contributed by atoms with E-state index in [1.807, 2.05) is 6.07 Å². The lowest BCUT2D eigenvalue weighted by molar-refractivity contribution is 0.0943. The molecule has 0 radical (unpaired) electrons. The lowest BCUT2D eigenvalue weighted by atomic mass is 10.2. The highest BCUT2D eigenvalue weighted by Crippen LogP contribution is 2.28. The van der Waals surface area contributed by atoms with Gasteiger partial charge in [0, 0.05) is 25.9 Å². The van der Waals surface area contributed by atoms with E-state index >= 15 is 0 Å². The van der Waals surface area contributed by atoms with Crippen LogP contribution < -0.4 is 15.4 Å². The Hall–Kier alpha value is -2.31. The predicted octanol–water partition coefficient (Wildman–Crippen LogP) is 3.25. The second kappa shape index (κ2) is 9.10. The van der Waals surface area contributed by atoms with Crippen molar-refractivity contribution < 1.29 is 14.3 Å². The Balaban J connectivity index is 1.94. The van der Waals surface area contributed by atoms with Crippen LogP contribution in [0.25, 0.3) is 0 Å². The van der Waals surface area contributed by atoms with E-state index in [0.29, 0.717) is 29.6 Å². The number of aromatic nitrogens is 1. The Morgan fingerprint density at radius 3 is 2.62 bits per heavy atom. The van der Waals surface area contributed by atoms with Crippen LogP contribution in [0.4, 0.5) is 11.4 Å². The van der Waals surface area contributed by atoms with Gasteiger partial charge in [-0.1, -0.05) is 11.6 Å². The highest BCUT2D eigenvalue weighted by atomic mass is 35.5. The van der Waals surface area contributed by atoms with Crippen LogP contribution in [0.3, 0.4) is 0 Å². The molecule has 2 aromatic rings. The Labute approximate surface area is 146 Å². The van der Waals surface area contributed by atoms with Gasteiger partial charge in [0.05, 0.1) is 24.0 Å². The fraction of sp³-hybridized carbons (Fsp3) is 0.294. The summed E-state index contributed by atoms with van der Waals surface area (Å²) in [5, 5.41) is 6.48. The van der Waals surface area contributed by atoms with E-state index < -0.39 is 0 Å². The molecule has 0 bridgehead atoms. The molecule has 0 aliphatic heterocycles. The molecular formula is C17H20ClN3O3. The zero-order valence-electron chi connectivity index (χ0n) is 13.6. The summed E-state index contributed by atoms with van der Waals surface area (Å²) in [6.45, 7) is 1.17. The van der Waals surface area contributed by atoms with Gasteiger partial charge < -0.3 is 20.1 Å². The van der Waals surface area contributed by atoms with Crippen LogP contribution >= 0.6 is 11.6 Å². The van der Waals surface area contributed by atoms with Crippen molar-refractivity contribution in [2.75, 3.05) is 32.7 Å². The van der Waals surface area contributed by atoms with Crippen LogP contribution in [0.1, 0.15) is 16.9 Å². The monoisotopic (exact) mass is 349 g/mol. The summed E-state index contributed by atoms with van der Waals surface area (Å²) in [6, 6.07) is 8.84. The van der Waals surface area contributed by atoms with Crippen molar-refractivity contribution in [3.05, 3.63) is 47.2 Å². The van der Waals surface area contributed by atoms with Crippen molar-refractivity contribution in [1.29, 1.82) is 0 Å². The smallest absolute Gasteiger partial charge is 0.269 e. The first-order chi connectivity index (χ1) is 11.6. The number of methoxy groups -OCH3 is 2. The van der Waals surface area contributed by atoms with E-state index in [2.05, 4.69) is 15.6 Å². The number of pyridine rings is 1. The van der Waals surface area contributed by atoms with E-state index in [4.69, 9.17) is 21.1 Å². The van der Waals surface area contributed by atoms with Gasteiger partial charge in [-0.25, -0.2) is 4.98 Å². The van der Waals surface area contributed by atoms with E-state index in [0.717, 1.165) is 17.8 Å². The second-order valence-electron chi connectivity index (χ2n) is 5.01. The number of carbonyl (C=O) groups is 1.